The zero-order valence-electron chi connectivity index (χ0n) is 10.9. The van der Waals surface area contributed by atoms with E-state index in [0.717, 1.165) is 32.9 Å². The van der Waals surface area contributed by atoms with Crippen molar-refractivity contribution in [2.75, 3.05) is 32.9 Å². The van der Waals surface area contributed by atoms with Crippen LogP contribution in [0.15, 0.2) is 0 Å². The summed E-state index contributed by atoms with van der Waals surface area (Å²) in [5.41, 5.74) is 0.0887. The molecule has 16 heavy (non-hydrogen) atoms. The molecule has 0 atom stereocenters. The lowest BCUT2D eigenvalue weighted by molar-refractivity contribution is -0.0851. The maximum absolute atomic E-state index is 6.09. The summed E-state index contributed by atoms with van der Waals surface area (Å²) in [5.74, 6) is 0. The molecule has 1 aliphatic carbocycles. The highest BCUT2D eigenvalue weighted by Crippen LogP contribution is 2.31. The highest BCUT2D eigenvalue weighted by Gasteiger charge is 2.32. The minimum atomic E-state index is 0.0887. The van der Waals surface area contributed by atoms with Crippen molar-refractivity contribution < 1.29 is 9.47 Å². The first-order valence-electron chi connectivity index (χ1n) is 6.75. The summed E-state index contributed by atoms with van der Waals surface area (Å²) in [5, 5.41) is 3.43. The van der Waals surface area contributed by atoms with E-state index in [0.29, 0.717) is 0 Å². The van der Waals surface area contributed by atoms with Crippen LogP contribution < -0.4 is 5.32 Å². The first-order chi connectivity index (χ1) is 7.83. The molecule has 0 aromatic heterocycles. The van der Waals surface area contributed by atoms with E-state index in [1.807, 2.05) is 6.92 Å². The topological polar surface area (TPSA) is 30.5 Å². The van der Waals surface area contributed by atoms with Crippen LogP contribution in [0.3, 0.4) is 0 Å². The average Bonchev–Trinajstić information content (AvgIpc) is 2.34. The standard InChI is InChI=1S/C13H27NO2/c1-3-14-12-13(8-6-5-7-9-13)16-11-10-15-4-2/h14H,3-12H2,1-2H3. The molecule has 0 aromatic carbocycles. The Bertz CT molecular complexity index is 167. The summed E-state index contributed by atoms with van der Waals surface area (Å²) >= 11 is 0. The van der Waals surface area contributed by atoms with Crippen molar-refractivity contribution in [1.82, 2.24) is 5.32 Å². The molecule has 3 heteroatoms. The number of hydrogen-bond acceptors (Lipinski definition) is 3. The van der Waals surface area contributed by atoms with E-state index in [1.165, 1.54) is 32.1 Å². The van der Waals surface area contributed by atoms with Gasteiger partial charge in [0, 0.05) is 13.2 Å². The number of rotatable bonds is 8. The summed E-state index contributed by atoms with van der Waals surface area (Å²) in [6, 6.07) is 0. The Morgan fingerprint density at radius 2 is 1.81 bits per heavy atom. The van der Waals surface area contributed by atoms with E-state index >= 15 is 0 Å². The normalized spacial score (nSPS) is 19.9. The van der Waals surface area contributed by atoms with Crippen LogP contribution in [-0.4, -0.2) is 38.5 Å². The van der Waals surface area contributed by atoms with Crippen LogP contribution in [0, 0.1) is 0 Å². The van der Waals surface area contributed by atoms with Gasteiger partial charge in [0.1, 0.15) is 0 Å². The second-order valence-electron chi connectivity index (χ2n) is 4.57. The molecular weight excluding hydrogens is 202 g/mol. The van der Waals surface area contributed by atoms with Gasteiger partial charge in [-0.3, -0.25) is 0 Å². The van der Waals surface area contributed by atoms with Crippen molar-refractivity contribution >= 4 is 0 Å². The molecule has 96 valence electrons. The van der Waals surface area contributed by atoms with Crippen LogP contribution in [0.4, 0.5) is 0 Å². The van der Waals surface area contributed by atoms with Crippen molar-refractivity contribution in [2.45, 2.75) is 51.6 Å². The Hall–Kier alpha value is -0.120. The van der Waals surface area contributed by atoms with Gasteiger partial charge >= 0.3 is 0 Å². The minimum Gasteiger partial charge on any atom is -0.379 e. The largest absolute Gasteiger partial charge is 0.379 e. The Labute approximate surface area is 99.9 Å². The lowest BCUT2D eigenvalue weighted by atomic mass is 9.84. The van der Waals surface area contributed by atoms with Crippen LogP contribution in [0.2, 0.25) is 0 Å². The zero-order chi connectivity index (χ0) is 11.7. The van der Waals surface area contributed by atoms with Gasteiger partial charge in [-0.2, -0.15) is 0 Å². The van der Waals surface area contributed by atoms with E-state index in [1.54, 1.807) is 0 Å². The third kappa shape index (κ3) is 4.81. The van der Waals surface area contributed by atoms with Crippen LogP contribution in [0.25, 0.3) is 0 Å². The molecule has 0 heterocycles. The molecule has 3 nitrogen and oxygen atoms in total. The maximum atomic E-state index is 6.09. The summed E-state index contributed by atoms with van der Waals surface area (Å²) in [7, 11) is 0. The van der Waals surface area contributed by atoms with Gasteiger partial charge in [0.25, 0.3) is 0 Å². The van der Waals surface area contributed by atoms with Crippen molar-refractivity contribution in [1.29, 1.82) is 0 Å². The molecule has 1 fully saturated rings. The third-order valence-corrected chi connectivity index (χ3v) is 3.30. The van der Waals surface area contributed by atoms with Crippen LogP contribution >= 0.6 is 0 Å². The second kappa shape index (κ2) is 8.04. The molecule has 1 N–H and O–H groups in total. The molecule has 1 rings (SSSR count). The highest BCUT2D eigenvalue weighted by atomic mass is 16.5. The highest BCUT2D eigenvalue weighted by molar-refractivity contribution is 4.86. The van der Waals surface area contributed by atoms with Gasteiger partial charge in [0.15, 0.2) is 0 Å². The van der Waals surface area contributed by atoms with E-state index in [4.69, 9.17) is 9.47 Å². The monoisotopic (exact) mass is 229 g/mol. The fourth-order valence-corrected chi connectivity index (χ4v) is 2.38. The van der Waals surface area contributed by atoms with Crippen molar-refractivity contribution in [3.05, 3.63) is 0 Å². The molecule has 0 saturated heterocycles. The van der Waals surface area contributed by atoms with Gasteiger partial charge in [-0.1, -0.05) is 26.2 Å². The van der Waals surface area contributed by atoms with E-state index in [9.17, 15) is 0 Å². The Morgan fingerprint density at radius 1 is 1.06 bits per heavy atom. The molecule has 0 aliphatic heterocycles. The fraction of sp³-hybridized carbons (Fsp3) is 1.00. The molecule has 0 aromatic rings. The Kier molecular flexibility index (Phi) is 7.01. The summed E-state index contributed by atoms with van der Waals surface area (Å²) in [6.45, 7) is 8.44. The maximum Gasteiger partial charge on any atom is 0.0807 e. The van der Waals surface area contributed by atoms with E-state index < -0.39 is 0 Å². The van der Waals surface area contributed by atoms with Crippen molar-refractivity contribution in [3.63, 3.8) is 0 Å². The minimum absolute atomic E-state index is 0.0887. The molecule has 0 unspecified atom stereocenters. The zero-order valence-corrected chi connectivity index (χ0v) is 10.9. The van der Waals surface area contributed by atoms with Gasteiger partial charge in [-0.05, 0) is 26.3 Å². The van der Waals surface area contributed by atoms with Gasteiger partial charge in [-0.15, -0.1) is 0 Å². The predicted molar refractivity (Wildman–Crippen MR) is 66.8 cm³/mol. The first kappa shape index (κ1) is 13.9. The first-order valence-corrected chi connectivity index (χ1v) is 6.75. The Morgan fingerprint density at radius 3 is 2.44 bits per heavy atom. The quantitative estimate of drug-likeness (QED) is 0.648. The fourth-order valence-electron chi connectivity index (χ4n) is 2.38. The lowest BCUT2D eigenvalue weighted by Crippen LogP contribution is -2.45. The molecule has 1 saturated carbocycles. The number of nitrogens with one attached hydrogen (secondary N) is 1. The van der Waals surface area contributed by atoms with Gasteiger partial charge in [0.2, 0.25) is 0 Å². The lowest BCUT2D eigenvalue weighted by Gasteiger charge is -2.37. The van der Waals surface area contributed by atoms with E-state index in [2.05, 4.69) is 12.2 Å². The smallest absolute Gasteiger partial charge is 0.0807 e. The number of likely N-dealkylation sites (N-methyl/N-ethyl adjacent to an activating group) is 1. The Balaban J connectivity index is 2.30. The molecule has 0 radical (unpaired) electrons. The molecule has 0 spiro atoms. The molecule has 1 aliphatic rings. The summed E-state index contributed by atoms with van der Waals surface area (Å²) < 4.78 is 11.4. The third-order valence-electron chi connectivity index (χ3n) is 3.30. The van der Waals surface area contributed by atoms with Crippen molar-refractivity contribution in [2.24, 2.45) is 0 Å². The van der Waals surface area contributed by atoms with Crippen LogP contribution in [0.1, 0.15) is 46.0 Å². The van der Waals surface area contributed by atoms with Gasteiger partial charge in [0.05, 0.1) is 18.8 Å². The van der Waals surface area contributed by atoms with Crippen molar-refractivity contribution in [3.8, 4) is 0 Å². The number of hydrogen-bond donors (Lipinski definition) is 1. The molecule has 0 bridgehead atoms. The molecule has 0 amide bonds. The van der Waals surface area contributed by atoms with Gasteiger partial charge < -0.3 is 14.8 Å². The number of ether oxygens (including phenoxy) is 2. The summed E-state index contributed by atoms with van der Waals surface area (Å²) in [6.07, 6.45) is 6.38. The SMILES string of the molecule is CCNCC1(OCCOCC)CCCCC1. The van der Waals surface area contributed by atoms with Crippen LogP contribution in [0.5, 0.6) is 0 Å². The average molecular weight is 229 g/mol. The predicted octanol–water partition coefficient (Wildman–Crippen LogP) is 2.35. The van der Waals surface area contributed by atoms with Crippen LogP contribution in [-0.2, 0) is 9.47 Å². The summed E-state index contributed by atoms with van der Waals surface area (Å²) in [4.78, 5) is 0. The van der Waals surface area contributed by atoms with Gasteiger partial charge in [-0.25, -0.2) is 0 Å². The molecular formula is C13H27NO2. The second-order valence-corrected chi connectivity index (χ2v) is 4.57. The van der Waals surface area contributed by atoms with E-state index in [-0.39, 0.29) is 5.60 Å².